The van der Waals surface area contributed by atoms with Gasteiger partial charge in [-0.1, -0.05) is 6.07 Å². The maximum absolute atomic E-state index is 5.39. The van der Waals surface area contributed by atoms with Gasteiger partial charge >= 0.3 is 0 Å². The van der Waals surface area contributed by atoms with Crippen LogP contribution in [-0.2, 0) is 6.54 Å². The Bertz CT molecular complexity index is 802. The van der Waals surface area contributed by atoms with Crippen LogP contribution in [0.15, 0.2) is 41.5 Å². The third kappa shape index (κ3) is 4.85. The molecule has 1 atom stereocenters. The third-order valence-corrected chi connectivity index (χ3v) is 5.00. The lowest BCUT2D eigenvalue weighted by molar-refractivity contribution is 0.394. The highest BCUT2D eigenvalue weighted by atomic mass is 16.5. The zero-order chi connectivity index (χ0) is 19.9. The number of hydrogen-bond acceptors (Lipinski definition) is 5. The van der Waals surface area contributed by atoms with E-state index in [0.29, 0.717) is 12.6 Å². The predicted molar refractivity (Wildman–Crippen MR) is 112 cm³/mol. The molecule has 3 rings (SSSR count). The first-order valence-electron chi connectivity index (χ1n) is 9.48. The fraction of sp³-hybridized carbons (Fsp3) is 0.429. The normalized spacial score (nSPS) is 16.8. The Hall–Kier alpha value is -2.96. The van der Waals surface area contributed by atoms with E-state index >= 15 is 0 Å². The van der Waals surface area contributed by atoms with Crippen molar-refractivity contribution in [1.82, 2.24) is 15.6 Å². The molecule has 1 aromatic heterocycles. The number of pyridine rings is 1. The number of benzene rings is 1. The molecule has 0 radical (unpaired) electrons. The van der Waals surface area contributed by atoms with Gasteiger partial charge in [-0.25, -0.2) is 0 Å². The minimum absolute atomic E-state index is 0.313. The first-order valence-corrected chi connectivity index (χ1v) is 9.48. The van der Waals surface area contributed by atoms with Gasteiger partial charge in [-0.2, -0.15) is 0 Å². The van der Waals surface area contributed by atoms with E-state index in [1.165, 1.54) is 5.56 Å². The van der Waals surface area contributed by atoms with Crippen molar-refractivity contribution in [2.45, 2.75) is 25.9 Å². The van der Waals surface area contributed by atoms with Gasteiger partial charge in [0.1, 0.15) is 11.5 Å². The van der Waals surface area contributed by atoms with E-state index in [-0.39, 0.29) is 0 Å². The molecule has 0 amide bonds. The molecule has 2 heterocycles. The molecule has 150 valence electrons. The number of anilines is 1. The van der Waals surface area contributed by atoms with Gasteiger partial charge in [0.15, 0.2) is 5.96 Å². The number of ether oxygens (including phenoxy) is 2. The summed E-state index contributed by atoms with van der Waals surface area (Å²) in [5, 5.41) is 6.88. The number of guanidine groups is 1. The Balaban J connectivity index is 1.58. The van der Waals surface area contributed by atoms with Gasteiger partial charge in [0.2, 0.25) is 0 Å². The van der Waals surface area contributed by atoms with Crippen LogP contribution in [0.5, 0.6) is 11.5 Å². The average Bonchev–Trinajstić information content (AvgIpc) is 3.20. The number of aryl methyl sites for hydroxylation is 1. The van der Waals surface area contributed by atoms with Gasteiger partial charge in [-0.3, -0.25) is 9.98 Å². The highest BCUT2D eigenvalue weighted by molar-refractivity contribution is 5.80. The van der Waals surface area contributed by atoms with Crippen LogP contribution in [-0.4, -0.2) is 51.3 Å². The fourth-order valence-electron chi connectivity index (χ4n) is 3.35. The molecule has 1 aliphatic heterocycles. The highest BCUT2D eigenvalue weighted by Gasteiger charge is 2.24. The second-order valence-electron chi connectivity index (χ2n) is 6.84. The molecule has 7 nitrogen and oxygen atoms in total. The summed E-state index contributed by atoms with van der Waals surface area (Å²) in [6.45, 7) is 4.57. The Labute approximate surface area is 166 Å². The summed E-state index contributed by atoms with van der Waals surface area (Å²) in [7, 11) is 5.14. The molecular weight excluding hydrogens is 354 g/mol. The Kier molecular flexibility index (Phi) is 6.57. The zero-order valence-corrected chi connectivity index (χ0v) is 17.0. The number of rotatable bonds is 6. The van der Waals surface area contributed by atoms with Crippen molar-refractivity contribution in [1.29, 1.82) is 0 Å². The summed E-state index contributed by atoms with van der Waals surface area (Å²) in [6, 6.07) is 10.3. The minimum atomic E-state index is 0.313. The van der Waals surface area contributed by atoms with Crippen LogP contribution in [0.3, 0.4) is 0 Å². The van der Waals surface area contributed by atoms with E-state index in [0.717, 1.165) is 48.4 Å². The maximum atomic E-state index is 5.39. The van der Waals surface area contributed by atoms with Crippen LogP contribution in [0, 0.1) is 6.92 Å². The number of aromatic nitrogens is 1. The molecule has 0 spiro atoms. The van der Waals surface area contributed by atoms with Gasteiger partial charge in [0.25, 0.3) is 0 Å². The van der Waals surface area contributed by atoms with E-state index in [1.54, 1.807) is 21.3 Å². The molecule has 2 N–H and O–H groups in total. The van der Waals surface area contributed by atoms with Gasteiger partial charge in [0, 0.05) is 56.3 Å². The third-order valence-electron chi connectivity index (χ3n) is 5.00. The molecule has 1 fully saturated rings. The fourth-order valence-corrected chi connectivity index (χ4v) is 3.35. The largest absolute Gasteiger partial charge is 0.497 e. The number of aliphatic imine (C=N–C) groups is 1. The van der Waals surface area contributed by atoms with E-state index in [2.05, 4.69) is 38.5 Å². The molecular formula is C21H29N5O2. The molecule has 7 heteroatoms. The second kappa shape index (κ2) is 9.30. The van der Waals surface area contributed by atoms with Crippen LogP contribution >= 0.6 is 0 Å². The van der Waals surface area contributed by atoms with Crippen molar-refractivity contribution in [3.05, 3.63) is 47.8 Å². The van der Waals surface area contributed by atoms with Crippen molar-refractivity contribution in [2.24, 2.45) is 4.99 Å². The van der Waals surface area contributed by atoms with Gasteiger partial charge < -0.3 is 25.0 Å². The van der Waals surface area contributed by atoms with Gasteiger partial charge in [-0.15, -0.1) is 0 Å². The number of hydrogen-bond donors (Lipinski definition) is 2. The number of methoxy groups -OCH3 is 2. The van der Waals surface area contributed by atoms with Crippen LogP contribution < -0.4 is 25.0 Å². The summed E-state index contributed by atoms with van der Waals surface area (Å²) in [5.74, 6) is 2.39. The van der Waals surface area contributed by atoms with Gasteiger partial charge in [0.05, 0.1) is 26.5 Å². The lowest BCUT2D eigenvalue weighted by atomic mass is 10.2. The molecule has 1 aliphatic rings. The summed E-state index contributed by atoms with van der Waals surface area (Å²) >= 11 is 0. The lowest BCUT2D eigenvalue weighted by Crippen LogP contribution is -2.44. The average molecular weight is 383 g/mol. The van der Waals surface area contributed by atoms with Crippen LogP contribution in [0.4, 0.5) is 5.69 Å². The lowest BCUT2D eigenvalue weighted by Gasteiger charge is -2.21. The Morgan fingerprint density at radius 3 is 2.64 bits per heavy atom. The maximum Gasteiger partial charge on any atom is 0.191 e. The minimum Gasteiger partial charge on any atom is -0.497 e. The van der Waals surface area contributed by atoms with Crippen molar-refractivity contribution in [2.75, 3.05) is 39.3 Å². The molecule has 2 aromatic rings. The van der Waals surface area contributed by atoms with Crippen LogP contribution in [0.25, 0.3) is 0 Å². The first-order chi connectivity index (χ1) is 13.6. The standard InChI is InChI=1S/C21H29N5O2/c1-15-6-5-8-23-20(15)13-24-21(22-2)25-16-7-9-26(14-16)17-10-18(27-3)12-19(11-17)28-4/h5-6,8,10-12,16H,7,9,13-14H2,1-4H3,(H2,22,24,25). The Morgan fingerprint density at radius 1 is 1.25 bits per heavy atom. The SMILES string of the molecule is CN=C(NCc1ncccc1C)NC1CCN(c2cc(OC)cc(OC)c2)C1. The topological polar surface area (TPSA) is 71.0 Å². The molecule has 0 aliphatic carbocycles. The Morgan fingerprint density at radius 2 is 2.00 bits per heavy atom. The smallest absolute Gasteiger partial charge is 0.191 e. The van der Waals surface area contributed by atoms with Crippen molar-refractivity contribution >= 4 is 11.6 Å². The molecule has 1 saturated heterocycles. The van der Waals surface area contributed by atoms with E-state index in [4.69, 9.17) is 9.47 Å². The monoisotopic (exact) mass is 383 g/mol. The van der Waals surface area contributed by atoms with Crippen molar-refractivity contribution in [3.8, 4) is 11.5 Å². The summed E-state index contributed by atoms with van der Waals surface area (Å²) in [5.41, 5.74) is 3.30. The molecule has 0 bridgehead atoms. The van der Waals surface area contributed by atoms with Gasteiger partial charge in [-0.05, 0) is 25.0 Å². The van der Waals surface area contributed by atoms with Crippen LogP contribution in [0.2, 0.25) is 0 Å². The molecule has 1 aromatic carbocycles. The first kappa shape index (κ1) is 19.8. The summed E-state index contributed by atoms with van der Waals surface area (Å²) < 4.78 is 10.8. The quantitative estimate of drug-likeness (QED) is 0.589. The predicted octanol–water partition coefficient (Wildman–Crippen LogP) is 2.35. The van der Waals surface area contributed by atoms with Crippen LogP contribution in [0.1, 0.15) is 17.7 Å². The summed E-state index contributed by atoms with van der Waals surface area (Å²) in [6.07, 6.45) is 2.85. The van der Waals surface area contributed by atoms with Crippen molar-refractivity contribution in [3.63, 3.8) is 0 Å². The van der Waals surface area contributed by atoms with E-state index < -0.39 is 0 Å². The summed E-state index contributed by atoms with van der Waals surface area (Å²) in [4.78, 5) is 11.1. The zero-order valence-electron chi connectivity index (χ0n) is 17.0. The van der Waals surface area contributed by atoms with E-state index in [1.807, 2.05) is 30.5 Å². The highest BCUT2D eigenvalue weighted by Crippen LogP contribution is 2.30. The van der Waals surface area contributed by atoms with Crippen molar-refractivity contribution < 1.29 is 9.47 Å². The second-order valence-corrected chi connectivity index (χ2v) is 6.84. The molecule has 1 unspecified atom stereocenters. The molecule has 0 saturated carbocycles. The number of nitrogens with zero attached hydrogens (tertiary/aromatic N) is 3. The molecule has 28 heavy (non-hydrogen) atoms. The van der Waals surface area contributed by atoms with E-state index in [9.17, 15) is 0 Å². The number of nitrogens with one attached hydrogen (secondary N) is 2.